The van der Waals surface area contributed by atoms with E-state index in [9.17, 15) is 14.9 Å². The highest BCUT2D eigenvalue weighted by Crippen LogP contribution is 2.22. The Labute approximate surface area is 91.0 Å². The van der Waals surface area contributed by atoms with Gasteiger partial charge in [-0.1, -0.05) is 0 Å². The van der Waals surface area contributed by atoms with Crippen LogP contribution in [0.15, 0.2) is 18.2 Å². The lowest BCUT2D eigenvalue weighted by Gasteiger charge is -2.12. The van der Waals surface area contributed by atoms with E-state index in [1.54, 1.807) is 6.92 Å². The maximum atomic E-state index is 10.8. The van der Waals surface area contributed by atoms with Gasteiger partial charge in [0.05, 0.1) is 22.3 Å². The number of non-ortho nitro benzene ring substituents is 1. The molecule has 0 aliphatic heterocycles. The molecule has 1 aromatic carbocycles. The van der Waals surface area contributed by atoms with Crippen LogP contribution in [0.1, 0.15) is 17.3 Å². The highest BCUT2D eigenvalue weighted by atomic mass is 16.6. The van der Waals surface area contributed by atoms with Crippen molar-refractivity contribution in [2.45, 2.75) is 13.1 Å². The molecule has 0 spiro atoms. The third-order valence-electron chi connectivity index (χ3n) is 1.83. The molecule has 0 fully saturated rings. The Morgan fingerprint density at radius 1 is 1.62 bits per heavy atom. The van der Waals surface area contributed by atoms with E-state index in [1.165, 1.54) is 6.07 Å². The Morgan fingerprint density at radius 3 is 2.69 bits per heavy atom. The van der Waals surface area contributed by atoms with Crippen molar-refractivity contribution in [2.24, 2.45) is 5.73 Å². The maximum absolute atomic E-state index is 10.8. The molecule has 0 radical (unpaired) electrons. The molecular weight excluding hydrogens is 214 g/mol. The molecule has 0 saturated carbocycles. The van der Waals surface area contributed by atoms with Crippen LogP contribution in [0.25, 0.3) is 0 Å². The van der Waals surface area contributed by atoms with Gasteiger partial charge in [-0.25, -0.2) is 4.79 Å². The maximum Gasteiger partial charge on any atom is 0.337 e. The molecule has 7 nitrogen and oxygen atoms in total. The zero-order valence-electron chi connectivity index (χ0n) is 8.51. The van der Waals surface area contributed by atoms with Gasteiger partial charge < -0.3 is 16.2 Å². The van der Waals surface area contributed by atoms with Gasteiger partial charge in [-0.3, -0.25) is 10.1 Å². The number of carboxylic acid groups (broad SMARTS) is 1. The number of nitrogens with one attached hydrogen (secondary N) is 1. The van der Waals surface area contributed by atoms with E-state index in [1.807, 2.05) is 0 Å². The molecule has 0 aliphatic rings. The second-order valence-electron chi connectivity index (χ2n) is 3.23. The van der Waals surface area contributed by atoms with Crippen LogP contribution in [0, 0.1) is 10.1 Å². The average molecular weight is 225 g/mol. The van der Waals surface area contributed by atoms with Crippen molar-refractivity contribution in [1.29, 1.82) is 0 Å². The molecule has 0 amide bonds. The molecule has 0 bridgehead atoms. The lowest BCUT2D eigenvalue weighted by molar-refractivity contribution is -0.384. The second-order valence-corrected chi connectivity index (χ2v) is 3.23. The smallest absolute Gasteiger partial charge is 0.337 e. The number of hydrogen-bond donors (Lipinski definition) is 3. The molecule has 0 heterocycles. The van der Waals surface area contributed by atoms with Crippen molar-refractivity contribution in [1.82, 2.24) is 0 Å². The minimum atomic E-state index is -1.17. The average Bonchev–Trinajstić information content (AvgIpc) is 2.15. The van der Waals surface area contributed by atoms with E-state index >= 15 is 0 Å². The monoisotopic (exact) mass is 225 g/mol. The Morgan fingerprint density at radius 2 is 2.25 bits per heavy atom. The third kappa shape index (κ3) is 2.67. The minimum absolute atomic E-state index is 0.0529. The topological polar surface area (TPSA) is 118 Å². The Kier molecular flexibility index (Phi) is 3.41. The molecule has 1 unspecified atom stereocenters. The summed E-state index contributed by atoms with van der Waals surface area (Å²) in [5.74, 6) is -1.17. The van der Waals surface area contributed by atoms with Crippen LogP contribution >= 0.6 is 0 Å². The molecule has 86 valence electrons. The van der Waals surface area contributed by atoms with Crippen LogP contribution in [0.4, 0.5) is 11.4 Å². The fourth-order valence-corrected chi connectivity index (χ4v) is 1.20. The summed E-state index contributed by atoms with van der Waals surface area (Å²) in [5, 5.41) is 22.0. The zero-order chi connectivity index (χ0) is 12.3. The van der Waals surface area contributed by atoms with E-state index in [2.05, 4.69) is 5.32 Å². The molecule has 1 atom stereocenters. The van der Waals surface area contributed by atoms with Crippen LogP contribution in [-0.2, 0) is 0 Å². The summed E-state index contributed by atoms with van der Waals surface area (Å²) in [6.07, 6.45) is -0.500. The predicted octanol–water partition coefficient (Wildman–Crippen LogP) is 1.01. The molecule has 0 aromatic heterocycles. The molecule has 4 N–H and O–H groups in total. The van der Waals surface area contributed by atoms with E-state index < -0.39 is 17.1 Å². The fourth-order valence-electron chi connectivity index (χ4n) is 1.20. The van der Waals surface area contributed by atoms with Crippen molar-refractivity contribution < 1.29 is 14.8 Å². The molecule has 16 heavy (non-hydrogen) atoms. The van der Waals surface area contributed by atoms with Gasteiger partial charge in [0, 0.05) is 12.1 Å². The van der Waals surface area contributed by atoms with Gasteiger partial charge in [0.15, 0.2) is 0 Å². The fraction of sp³-hybridized carbons (Fsp3) is 0.222. The summed E-state index contributed by atoms with van der Waals surface area (Å²) < 4.78 is 0. The van der Waals surface area contributed by atoms with Gasteiger partial charge in [0.25, 0.3) is 5.69 Å². The Bertz CT molecular complexity index is 431. The Hall–Kier alpha value is -2.15. The summed E-state index contributed by atoms with van der Waals surface area (Å²) in [4.78, 5) is 20.8. The van der Waals surface area contributed by atoms with Crippen LogP contribution < -0.4 is 11.1 Å². The number of aromatic carboxylic acids is 1. The van der Waals surface area contributed by atoms with E-state index in [0.717, 1.165) is 12.1 Å². The molecule has 0 saturated heterocycles. The molecule has 7 heteroatoms. The number of benzene rings is 1. The first-order valence-corrected chi connectivity index (χ1v) is 4.45. The first kappa shape index (κ1) is 11.9. The first-order chi connectivity index (χ1) is 7.41. The van der Waals surface area contributed by atoms with E-state index in [-0.39, 0.29) is 16.9 Å². The molecule has 1 aromatic rings. The van der Waals surface area contributed by atoms with Crippen molar-refractivity contribution in [3.05, 3.63) is 33.9 Å². The minimum Gasteiger partial charge on any atom is -0.478 e. The summed E-state index contributed by atoms with van der Waals surface area (Å²) in [7, 11) is 0. The number of nitrogens with two attached hydrogens (primary N) is 1. The number of carbonyl (C=O) groups is 1. The largest absolute Gasteiger partial charge is 0.478 e. The lowest BCUT2D eigenvalue weighted by Crippen LogP contribution is -2.26. The highest BCUT2D eigenvalue weighted by Gasteiger charge is 2.15. The number of rotatable bonds is 4. The normalized spacial score (nSPS) is 11.9. The molecule has 0 aliphatic carbocycles. The van der Waals surface area contributed by atoms with Crippen molar-refractivity contribution in [3.8, 4) is 0 Å². The number of hydrogen-bond acceptors (Lipinski definition) is 5. The van der Waals surface area contributed by atoms with Crippen molar-refractivity contribution >= 4 is 17.3 Å². The third-order valence-corrected chi connectivity index (χ3v) is 1.83. The molecular formula is C9H11N3O4. The van der Waals surface area contributed by atoms with Crippen LogP contribution in [-0.4, -0.2) is 22.2 Å². The summed E-state index contributed by atoms with van der Waals surface area (Å²) in [6.45, 7) is 1.60. The van der Waals surface area contributed by atoms with Crippen molar-refractivity contribution in [3.63, 3.8) is 0 Å². The number of nitrogens with zero attached hydrogens (tertiary/aromatic N) is 1. The molecule has 1 rings (SSSR count). The summed E-state index contributed by atoms with van der Waals surface area (Å²) in [5.41, 5.74) is 5.34. The number of anilines is 1. The SMILES string of the molecule is CC(N)Nc1cc([N+](=O)[O-])ccc1C(=O)O. The predicted molar refractivity (Wildman–Crippen MR) is 57.3 cm³/mol. The van der Waals surface area contributed by atoms with Crippen LogP contribution in [0.3, 0.4) is 0 Å². The van der Waals surface area contributed by atoms with Gasteiger partial charge in [0.1, 0.15) is 0 Å². The summed E-state index contributed by atoms with van der Waals surface area (Å²) in [6, 6.07) is 3.45. The quantitative estimate of drug-likeness (QED) is 0.399. The number of nitro groups is 1. The van der Waals surface area contributed by atoms with E-state index in [4.69, 9.17) is 10.8 Å². The van der Waals surface area contributed by atoms with Gasteiger partial charge in [-0.2, -0.15) is 0 Å². The second kappa shape index (κ2) is 4.58. The van der Waals surface area contributed by atoms with Crippen LogP contribution in [0.5, 0.6) is 0 Å². The van der Waals surface area contributed by atoms with Gasteiger partial charge in [0.2, 0.25) is 0 Å². The lowest BCUT2D eigenvalue weighted by atomic mass is 10.1. The van der Waals surface area contributed by atoms with Gasteiger partial charge in [-0.05, 0) is 13.0 Å². The Balaban J connectivity index is 3.21. The highest BCUT2D eigenvalue weighted by molar-refractivity contribution is 5.94. The zero-order valence-corrected chi connectivity index (χ0v) is 8.51. The van der Waals surface area contributed by atoms with Crippen molar-refractivity contribution in [2.75, 3.05) is 5.32 Å². The van der Waals surface area contributed by atoms with E-state index in [0.29, 0.717) is 0 Å². The van der Waals surface area contributed by atoms with Gasteiger partial charge in [-0.15, -0.1) is 0 Å². The van der Waals surface area contributed by atoms with Gasteiger partial charge >= 0.3 is 5.97 Å². The summed E-state index contributed by atoms with van der Waals surface area (Å²) >= 11 is 0. The first-order valence-electron chi connectivity index (χ1n) is 4.45. The number of nitro benzene ring substituents is 1. The van der Waals surface area contributed by atoms with Crippen LogP contribution in [0.2, 0.25) is 0 Å². The number of carboxylic acids is 1. The standard InChI is InChI=1S/C9H11N3O4/c1-5(10)11-8-4-6(12(15)16)2-3-7(8)9(13)14/h2-5,11H,10H2,1H3,(H,13,14).